The largest absolute Gasteiger partial charge is 0.492 e. The Bertz CT molecular complexity index is 822. The van der Waals surface area contributed by atoms with Crippen molar-refractivity contribution >= 4 is 11.9 Å². The van der Waals surface area contributed by atoms with Gasteiger partial charge in [0.25, 0.3) is 5.91 Å². The molecule has 1 amide bonds. The summed E-state index contributed by atoms with van der Waals surface area (Å²) >= 11 is 0. The lowest BCUT2D eigenvalue weighted by Gasteiger charge is -2.12. The lowest BCUT2D eigenvalue weighted by molar-refractivity contribution is -0.123. The zero-order chi connectivity index (χ0) is 21.0. The summed E-state index contributed by atoms with van der Waals surface area (Å²) in [6.45, 7) is 4.51. The Morgan fingerprint density at radius 2 is 1.83 bits per heavy atom. The Hall–Kier alpha value is -3.22. The van der Waals surface area contributed by atoms with E-state index in [1.165, 1.54) is 0 Å². The first-order valence-electron chi connectivity index (χ1n) is 10.4. The van der Waals surface area contributed by atoms with Crippen LogP contribution in [0.2, 0.25) is 0 Å². The van der Waals surface area contributed by atoms with Crippen molar-refractivity contribution in [1.82, 2.24) is 16.0 Å². The summed E-state index contributed by atoms with van der Waals surface area (Å²) in [6.07, 6.45) is 2.14. The molecule has 30 heavy (non-hydrogen) atoms. The van der Waals surface area contributed by atoms with Crippen molar-refractivity contribution in [1.29, 1.82) is 0 Å². The van der Waals surface area contributed by atoms with Gasteiger partial charge in [0.15, 0.2) is 12.6 Å². The summed E-state index contributed by atoms with van der Waals surface area (Å²) in [5, 5.41) is 9.41. The molecule has 0 aromatic heterocycles. The van der Waals surface area contributed by atoms with Crippen molar-refractivity contribution in [3.05, 3.63) is 60.2 Å². The zero-order valence-electron chi connectivity index (χ0n) is 17.4. The van der Waals surface area contributed by atoms with Gasteiger partial charge in [0, 0.05) is 12.6 Å². The fourth-order valence-corrected chi connectivity index (χ4v) is 2.75. The standard InChI is InChI=1S/C23H30N4O3/c1-2-24-23(25-13-14-29-20-8-4-3-5-9-20)26-16-18-7-6-10-21(15-18)30-17-22(28)27-19-11-12-19/h3-10,15,19H,2,11-14,16-17H2,1H3,(H,27,28)(H2,24,25,26). The average Bonchev–Trinajstić information content (AvgIpc) is 3.58. The average molecular weight is 411 g/mol. The number of aliphatic imine (C=N–C) groups is 1. The molecule has 1 aliphatic rings. The van der Waals surface area contributed by atoms with E-state index in [0.717, 1.165) is 36.7 Å². The maximum atomic E-state index is 11.8. The highest BCUT2D eigenvalue weighted by Gasteiger charge is 2.23. The quantitative estimate of drug-likeness (QED) is 0.301. The Balaban J connectivity index is 1.44. The molecule has 0 saturated heterocycles. The molecule has 0 atom stereocenters. The molecule has 3 N–H and O–H groups in total. The van der Waals surface area contributed by atoms with Gasteiger partial charge in [-0.3, -0.25) is 4.79 Å². The molecule has 1 saturated carbocycles. The van der Waals surface area contributed by atoms with Crippen molar-refractivity contribution in [2.45, 2.75) is 32.4 Å². The Labute approximate surface area is 177 Å². The topological polar surface area (TPSA) is 84.0 Å². The maximum Gasteiger partial charge on any atom is 0.258 e. The number of nitrogens with one attached hydrogen (secondary N) is 3. The molecule has 1 fully saturated rings. The van der Waals surface area contributed by atoms with Gasteiger partial charge in [-0.2, -0.15) is 0 Å². The van der Waals surface area contributed by atoms with Crippen LogP contribution in [0.4, 0.5) is 0 Å². The van der Waals surface area contributed by atoms with Crippen LogP contribution >= 0.6 is 0 Å². The lowest BCUT2D eigenvalue weighted by Crippen LogP contribution is -2.39. The molecular weight excluding hydrogens is 380 g/mol. The monoisotopic (exact) mass is 410 g/mol. The number of hydrogen-bond donors (Lipinski definition) is 3. The predicted octanol–water partition coefficient (Wildman–Crippen LogP) is 2.48. The van der Waals surface area contributed by atoms with E-state index in [1.54, 1.807) is 0 Å². The predicted molar refractivity (Wildman–Crippen MR) is 118 cm³/mol. The van der Waals surface area contributed by atoms with Crippen LogP contribution in [0.1, 0.15) is 25.3 Å². The second kappa shape index (κ2) is 11.7. The van der Waals surface area contributed by atoms with Crippen molar-refractivity contribution in [3.63, 3.8) is 0 Å². The van der Waals surface area contributed by atoms with Crippen molar-refractivity contribution in [3.8, 4) is 11.5 Å². The van der Waals surface area contributed by atoms with Crippen LogP contribution in [0.3, 0.4) is 0 Å². The number of rotatable bonds is 11. The molecule has 0 bridgehead atoms. The number of para-hydroxylation sites is 1. The van der Waals surface area contributed by atoms with Gasteiger partial charge >= 0.3 is 0 Å². The van der Waals surface area contributed by atoms with Crippen LogP contribution in [0, 0.1) is 0 Å². The summed E-state index contributed by atoms with van der Waals surface area (Å²) < 4.78 is 11.3. The van der Waals surface area contributed by atoms with E-state index in [2.05, 4.69) is 20.9 Å². The number of benzene rings is 2. The van der Waals surface area contributed by atoms with Crippen LogP contribution < -0.4 is 25.4 Å². The van der Waals surface area contributed by atoms with Crippen LogP contribution in [0.25, 0.3) is 0 Å². The van der Waals surface area contributed by atoms with Gasteiger partial charge in [0.05, 0.1) is 13.1 Å². The summed E-state index contributed by atoms with van der Waals surface area (Å²) in [7, 11) is 0. The second-order valence-corrected chi connectivity index (χ2v) is 7.06. The Morgan fingerprint density at radius 1 is 1.03 bits per heavy atom. The van der Waals surface area contributed by atoms with Gasteiger partial charge in [-0.15, -0.1) is 0 Å². The fourth-order valence-electron chi connectivity index (χ4n) is 2.75. The fraction of sp³-hybridized carbons (Fsp3) is 0.391. The smallest absolute Gasteiger partial charge is 0.258 e. The SMILES string of the molecule is CCNC(=NCc1cccc(OCC(=O)NC2CC2)c1)NCCOc1ccccc1. The van der Waals surface area contributed by atoms with Gasteiger partial charge in [0.1, 0.15) is 18.1 Å². The van der Waals surface area contributed by atoms with Gasteiger partial charge in [0.2, 0.25) is 0 Å². The minimum absolute atomic E-state index is 0.0365. The highest BCUT2D eigenvalue weighted by atomic mass is 16.5. The molecule has 160 valence electrons. The van der Waals surface area contributed by atoms with Gasteiger partial charge in [-0.1, -0.05) is 30.3 Å². The molecule has 0 aliphatic heterocycles. The van der Waals surface area contributed by atoms with Crippen molar-refractivity contribution < 1.29 is 14.3 Å². The number of ether oxygens (including phenoxy) is 2. The lowest BCUT2D eigenvalue weighted by atomic mass is 10.2. The maximum absolute atomic E-state index is 11.8. The molecule has 7 heteroatoms. The number of carbonyl (C=O) groups excluding carboxylic acids is 1. The molecule has 0 heterocycles. The number of nitrogens with zero attached hydrogens (tertiary/aromatic N) is 1. The van der Waals surface area contributed by atoms with Crippen molar-refractivity contribution in [2.24, 2.45) is 4.99 Å². The van der Waals surface area contributed by atoms with Crippen LogP contribution in [0.15, 0.2) is 59.6 Å². The normalized spacial score (nSPS) is 13.4. The number of amides is 1. The molecule has 3 rings (SSSR count). The van der Waals surface area contributed by atoms with E-state index in [9.17, 15) is 4.79 Å². The molecule has 2 aromatic carbocycles. The first-order valence-corrected chi connectivity index (χ1v) is 10.4. The molecular formula is C23H30N4O3. The highest BCUT2D eigenvalue weighted by Crippen LogP contribution is 2.18. The van der Waals surface area contributed by atoms with E-state index in [0.29, 0.717) is 31.5 Å². The number of hydrogen-bond acceptors (Lipinski definition) is 4. The van der Waals surface area contributed by atoms with Crippen LogP contribution in [-0.2, 0) is 11.3 Å². The van der Waals surface area contributed by atoms with E-state index >= 15 is 0 Å². The van der Waals surface area contributed by atoms with Gasteiger partial charge in [-0.05, 0) is 49.6 Å². The summed E-state index contributed by atoms with van der Waals surface area (Å²) in [5.74, 6) is 2.17. The summed E-state index contributed by atoms with van der Waals surface area (Å²) in [5.41, 5.74) is 1.01. The second-order valence-electron chi connectivity index (χ2n) is 7.06. The van der Waals surface area contributed by atoms with Crippen LogP contribution in [0.5, 0.6) is 11.5 Å². The number of guanidine groups is 1. The van der Waals surface area contributed by atoms with E-state index < -0.39 is 0 Å². The van der Waals surface area contributed by atoms with Crippen molar-refractivity contribution in [2.75, 3.05) is 26.3 Å². The van der Waals surface area contributed by atoms with Gasteiger partial charge in [-0.25, -0.2) is 4.99 Å². The first kappa shape index (κ1) is 21.5. The molecule has 0 spiro atoms. The van der Waals surface area contributed by atoms with Crippen LogP contribution in [-0.4, -0.2) is 44.2 Å². The Kier molecular flexibility index (Phi) is 8.38. The highest BCUT2D eigenvalue weighted by molar-refractivity contribution is 5.79. The third kappa shape index (κ3) is 8.03. The van der Waals surface area contributed by atoms with E-state index in [1.807, 2.05) is 61.5 Å². The Morgan fingerprint density at radius 3 is 2.60 bits per heavy atom. The molecule has 7 nitrogen and oxygen atoms in total. The first-order chi connectivity index (χ1) is 14.7. The molecule has 0 radical (unpaired) electrons. The minimum atomic E-state index is -0.0720. The molecule has 1 aliphatic carbocycles. The summed E-state index contributed by atoms with van der Waals surface area (Å²) in [4.78, 5) is 16.4. The van der Waals surface area contributed by atoms with Gasteiger partial charge < -0.3 is 25.4 Å². The zero-order valence-corrected chi connectivity index (χ0v) is 17.4. The third-order valence-electron chi connectivity index (χ3n) is 4.38. The summed E-state index contributed by atoms with van der Waals surface area (Å²) in [6, 6.07) is 17.7. The molecule has 2 aromatic rings. The van der Waals surface area contributed by atoms with E-state index in [-0.39, 0.29) is 12.5 Å². The molecule has 0 unspecified atom stereocenters. The third-order valence-corrected chi connectivity index (χ3v) is 4.38. The van der Waals surface area contributed by atoms with E-state index in [4.69, 9.17) is 9.47 Å². The number of carbonyl (C=O) groups is 1. The minimum Gasteiger partial charge on any atom is -0.492 e.